The summed E-state index contributed by atoms with van der Waals surface area (Å²) in [7, 11) is 0. The number of ether oxygens (including phenoxy) is 1. The van der Waals surface area contributed by atoms with Crippen molar-refractivity contribution in [3.8, 4) is 0 Å². The Bertz CT molecular complexity index is 505. The molecule has 0 unspecified atom stereocenters. The lowest BCUT2D eigenvalue weighted by atomic mass is 10.2. The van der Waals surface area contributed by atoms with Crippen LogP contribution in [0.2, 0.25) is 0 Å². The molecule has 2 heterocycles. The Balaban J connectivity index is 1.81. The van der Waals surface area contributed by atoms with Gasteiger partial charge in [0.25, 0.3) is 5.91 Å². The van der Waals surface area contributed by atoms with Crippen molar-refractivity contribution in [2.75, 3.05) is 18.5 Å². The van der Waals surface area contributed by atoms with Crippen molar-refractivity contribution < 1.29 is 27.1 Å². The first-order valence-corrected chi connectivity index (χ1v) is 6.48. The van der Waals surface area contributed by atoms with Crippen molar-refractivity contribution in [2.24, 2.45) is 0 Å². The minimum absolute atomic E-state index is 0.457. The molecule has 9 heteroatoms. The number of hydrogen-bond donors (Lipinski definition) is 1. The Kier molecular flexibility index (Phi) is 4.81. The molecule has 1 aliphatic heterocycles. The molecule has 2 rings (SSSR count). The van der Waals surface area contributed by atoms with E-state index in [4.69, 9.17) is 0 Å². The van der Waals surface area contributed by atoms with Crippen LogP contribution in [0.4, 0.5) is 23.4 Å². The van der Waals surface area contributed by atoms with Gasteiger partial charge in [0, 0.05) is 13.0 Å². The third kappa shape index (κ3) is 3.93. The number of amides is 1. The number of rotatable bonds is 6. The molecule has 118 valence electrons. The van der Waals surface area contributed by atoms with E-state index in [0.717, 1.165) is 31.6 Å². The van der Waals surface area contributed by atoms with Crippen molar-refractivity contribution in [2.45, 2.75) is 38.2 Å². The van der Waals surface area contributed by atoms with Gasteiger partial charge in [0.15, 0.2) is 0 Å². The highest BCUT2D eigenvalue weighted by atomic mass is 19.3. The summed E-state index contributed by atoms with van der Waals surface area (Å²) in [4.78, 5) is 15.7. The summed E-state index contributed by atoms with van der Waals surface area (Å²) in [5, 5.41) is 2.47. The topological polar surface area (TPSA) is 56.1 Å². The van der Waals surface area contributed by atoms with Crippen LogP contribution in [0.15, 0.2) is 6.20 Å². The van der Waals surface area contributed by atoms with E-state index < -0.39 is 31.5 Å². The van der Waals surface area contributed by atoms with Crippen LogP contribution in [0.25, 0.3) is 0 Å². The Labute approximate surface area is 118 Å². The molecule has 0 saturated carbocycles. The average Bonchev–Trinajstić information content (AvgIpc) is 2.82. The predicted octanol–water partition coefficient (Wildman–Crippen LogP) is 2.07. The number of halogens is 4. The number of fused-ring (bicyclic) bond motifs is 1. The van der Waals surface area contributed by atoms with Gasteiger partial charge in [0.05, 0.1) is 6.20 Å². The zero-order chi connectivity index (χ0) is 15.5. The van der Waals surface area contributed by atoms with Gasteiger partial charge in [0.1, 0.15) is 24.9 Å². The number of aromatic nitrogens is 2. The Morgan fingerprint density at radius 1 is 1.48 bits per heavy atom. The number of aryl methyl sites for hydroxylation is 1. The fourth-order valence-corrected chi connectivity index (χ4v) is 2.04. The first-order chi connectivity index (χ1) is 9.90. The van der Waals surface area contributed by atoms with Gasteiger partial charge in [0.2, 0.25) is 0 Å². The van der Waals surface area contributed by atoms with Crippen LogP contribution in [-0.2, 0) is 22.5 Å². The van der Waals surface area contributed by atoms with Crippen LogP contribution >= 0.6 is 0 Å². The zero-order valence-electron chi connectivity index (χ0n) is 11.1. The normalized spacial score (nSPS) is 15.1. The van der Waals surface area contributed by atoms with Gasteiger partial charge in [-0.15, -0.1) is 0 Å². The second kappa shape index (κ2) is 6.42. The third-order valence-corrected chi connectivity index (χ3v) is 3.08. The van der Waals surface area contributed by atoms with Crippen molar-refractivity contribution in [1.82, 2.24) is 9.55 Å². The van der Waals surface area contributed by atoms with E-state index in [9.17, 15) is 22.4 Å². The third-order valence-electron chi connectivity index (χ3n) is 3.08. The van der Waals surface area contributed by atoms with Crippen LogP contribution in [0.3, 0.4) is 0 Å². The second-order valence-corrected chi connectivity index (χ2v) is 4.77. The van der Waals surface area contributed by atoms with E-state index in [1.807, 2.05) is 4.57 Å². The number of nitrogens with one attached hydrogen (secondary N) is 1. The molecule has 1 aliphatic rings. The molecular weight excluding hydrogens is 294 g/mol. The van der Waals surface area contributed by atoms with Gasteiger partial charge >= 0.3 is 12.3 Å². The molecule has 0 fully saturated rings. The van der Waals surface area contributed by atoms with E-state index in [0.29, 0.717) is 5.82 Å². The van der Waals surface area contributed by atoms with Crippen LogP contribution in [-0.4, -0.2) is 41.0 Å². The molecule has 0 spiro atoms. The van der Waals surface area contributed by atoms with Crippen molar-refractivity contribution in [1.29, 1.82) is 0 Å². The summed E-state index contributed by atoms with van der Waals surface area (Å²) in [5.74, 6) is -3.63. The number of alkyl halides is 4. The molecule has 21 heavy (non-hydrogen) atoms. The molecule has 0 radical (unpaired) electrons. The van der Waals surface area contributed by atoms with Crippen molar-refractivity contribution >= 4 is 11.7 Å². The monoisotopic (exact) mass is 309 g/mol. The van der Waals surface area contributed by atoms with E-state index in [1.54, 1.807) is 0 Å². The number of anilines is 1. The van der Waals surface area contributed by atoms with E-state index in [-0.39, 0.29) is 0 Å². The summed E-state index contributed by atoms with van der Waals surface area (Å²) >= 11 is 0. The maximum atomic E-state index is 12.6. The molecule has 1 aromatic heterocycles. The van der Waals surface area contributed by atoms with Gasteiger partial charge < -0.3 is 14.6 Å². The van der Waals surface area contributed by atoms with E-state index >= 15 is 0 Å². The quantitative estimate of drug-likeness (QED) is 0.819. The summed E-state index contributed by atoms with van der Waals surface area (Å²) < 4.78 is 55.1. The first-order valence-electron chi connectivity index (χ1n) is 6.48. The van der Waals surface area contributed by atoms with Crippen molar-refractivity contribution in [3.63, 3.8) is 0 Å². The van der Waals surface area contributed by atoms with E-state index in [2.05, 4.69) is 15.0 Å². The molecule has 0 saturated heterocycles. The largest absolute Gasteiger partial charge is 0.365 e. The maximum Gasteiger partial charge on any atom is 0.330 e. The smallest absolute Gasteiger partial charge is 0.330 e. The minimum Gasteiger partial charge on any atom is -0.365 e. The number of carbonyl (C=O) groups excluding carboxylic acids is 1. The van der Waals surface area contributed by atoms with Crippen LogP contribution in [0.1, 0.15) is 18.7 Å². The predicted molar refractivity (Wildman–Crippen MR) is 65.6 cm³/mol. The lowest BCUT2D eigenvalue weighted by Crippen LogP contribution is -2.34. The number of nitrogens with zero attached hydrogens (tertiary/aromatic N) is 2. The standard InChI is InChI=1S/C12H15F4N3O2/c13-11(14)12(15,16)7-21-6-10(20)18-9-5-17-8-3-1-2-4-19(8)9/h5,11H,1-4,6-7H2,(H,18,20). The highest BCUT2D eigenvalue weighted by Gasteiger charge is 2.41. The van der Waals surface area contributed by atoms with Gasteiger partial charge in [-0.2, -0.15) is 8.78 Å². The average molecular weight is 309 g/mol. The van der Waals surface area contributed by atoms with Gasteiger partial charge in [-0.05, 0) is 12.8 Å². The summed E-state index contributed by atoms with van der Waals surface area (Å²) in [6.07, 6.45) is 0.459. The highest BCUT2D eigenvalue weighted by molar-refractivity contribution is 5.90. The molecule has 1 aromatic rings. The van der Waals surface area contributed by atoms with Crippen molar-refractivity contribution in [3.05, 3.63) is 12.0 Å². The molecule has 1 N–H and O–H groups in total. The summed E-state index contributed by atoms with van der Waals surface area (Å²) in [6, 6.07) is 0. The fourth-order valence-electron chi connectivity index (χ4n) is 2.04. The highest BCUT2D eigenvalue weighted by Crippen LogP contribution is 2.23. The molecule has 0 bridgehead atoms. The van der Waals surface area contributed by atoms with Gasteiger partial charge in [-0.25, -0.2) is 13.8 Å². The molecule has 5 nitrogen and oxygen atoms in total. The first kappa shape index (κ1) is 15.7. The minimum atomic E-state index is -4.25. The van der Waals surface area contributed by atoms with Crippen LogP contribution in [0.5, 0.6) is 0 Å². The SMILES string of the molecule is O=C(COCC(F)(F)C(F)F)Nc1cnc2n1CCCC2. The molecule has 0 atom stereocenters. The number of carbonyl (C=O) groups is 1. The number of hydrogen-bond acceptors (Lipinski definition) is 3. The Hall–Kier alpha value is -1.64. The number of imidazole rings is 1. The van der Waals surface area contributed by atoms with E-state index in [1.165, 1.54) is 6.20 Å². The van der Waals surface area contributed by atoms with Crippen LogP contribution < -0.4 is 5.32 Å². The Morgan fingerprint density at radius 2 is 2.24 bits per heavy atom. The molecule has 0 aliphatic carbocycles. The fraction of sp³-hybridized carbons (Fsp3) is 0.667. The van der Waals surface area contributed by atoms with Gasteiger partial charge in [-0.1, -0.05) is 0 Å². The second-order valence-electron chi connectivity index (χ2n) is 4.77. The lowest BCUT2D eigenvalue weighted by molar-refractivity contribution is -0.167. The van der Waals surface area contributed by atoms with Gasteiger partial charge in [-0.3, -0.25) is 4.79 Å². The maximum absolute atomic E-state index is 12.6. The lowest BCUT2D eigenvalue weighted by Gasteiger charge is -2.17. The summed E-state index contributed by atoms with van der Waals surface area (Å²) in [6.45, 7) is -1.50. The summed E-state index contributed by atoms with van der Waals surface area (Å²) in [5.41, 5.74) is 0. The molecule has 1 amide bonds. The Morgan fingerprint density at radius 3 is 2.95 bits per heavy atom. The zero-order valence-corrected chi connectivity index (χ0v) is 11.1. The molecular formula is C12H15F4N3O2. The molecule has 0 aromatic carbocycles. The van der Waals surface area contributed by atoms with Crippen LogP contribution in [0, 0.1) is 0 Å².